The Morgan fingerprint density at radius 1 is 1.11 bits per heavy atom. The van der Waals surface area contributed by atoms with Gasteiger partial charge in [-0.3, -0.25) is 9.89 Å². The molecular formula is C20H18N6O2. The molecule has 0 unspecified atom stereocenters. The zero-order chi connectivity index (χ0) is 19.5. The molecule has 0 saturated heterocycles. The lowest BCUT2D eigenvalue weighted by atomic mass is 10.2. The van der Waals surface area contributed by atoms with Crippen LogP contribution in [0.3, 0.4) is 0 Å². The van der Waals surface area contributed by atoms with Gasteiger partial charge in [-0.15, -0.1) is 0 Å². The van der Waals surface area contributed by atoms with Gasteiger partial charge in [-0.1, -0.05) is 6.07 Å². The van der Waals surface area contributed by atoms with E-state index in [1.54, 1.807) is 25.4 Å². The van der Waals surface area contributed by atoms with E-state index in [-0.39, 0.29) is 5.91 Å². The number of carbonyl (C=O) groups is 1. The van der Waals surface area contributed by atoms with Gasteiger partial charge in [0, 0.05) is 23.6 Å². The number of rotatable bonds is 5. The summed E-state index contributed by atoms with van der Waals surface area (Å²) in [6.07, 6.45) is 1.62. The van der Waals surface area contributed by atoms with Crippen molar-refractivity contribution < 1.29 is 9.53 Å². The molecule has 8 nitrogen and oxygen atoms in total. The number of nitrogens with one attached hydrogen (secondary N) is 3. The van der Waals surface area contributed by atoms with Gasteiger partial charge in [0.05, 0.1) is 18.1 Å². The van der Waals surface area contributed by atoms with E-state index < -0.39 is 0 Å². The number of H-pyrrole nitrogens is 1. The summed E-state index contributed by atoms with van der Waals surface area (Å²) >= 11 is 0. The number of nitrogens with zero attached hydrogens (tertiary/aromatic N) is 3. The summed E-state index contributed by atoms with van der Waals surface area (Å²) in [5.41, 5.74) is 2.64. The maximum absolute atomic E-state index is 12.9. The highest BCUT2D eigenvalue weighted by Gasteiger charge is 2.16. The molecule has 0 saturated carbocycles. The first kappa shape index (κ1) is 17.5. The van der Waals surface area contributed by atoms with Gasteiger partial charge < -0.3 is 15.4 Å². The second kappa shape index (κ2) is 7.36. The Labute approximate surface area is 161 Å². The molecule has 4 rings (SSSR count). The Bertz CT molecular complexity index is 1150. The predicted molar refractivity (Wildman–Crippen MR) is 107 cm³/mol. The second-order valence-electron chi connectivity index (χ2n) is 6.13. The van der Waals surface area contributed by atoms with Crippen LogP contribution in [0.1, 0.15) is 16.1 Å². The number of aromatic amines is 1. The summed E-state index contributed by atoms with van der Waals surface area (Å²) in [5, 5.41) is 13.7. The lowest BCUT2D eigenvalue weighted by Crippen LogP contribution is -2.15. The standard InChI is InChI=1S/C20H18N6O2/c1-12-8-9-15-18(22-12)25-26-19(15)24-20(27)16-7-4-10-21-17(16)23-13-5-3-6-14(11-13)28-2/h3-11H,1-2H3,(H,21,23)(H2,22,24,25,26,27). The van der Waals surface area contributed by atoms with Crippen LogP contribution in [-0.4, -0.2) is 33.2 Å². The van der Waals surface area contributed by atoms with Gasteiger partial charge in [0.25, 0.3) is 5.91 Å². The van der Waals surface area contributed by atoms with Crippen molar-refractivity contribution in [2.24, 2.45) is 0 Å². The molecule has 8 heteroatoms. The zero-order valence-corrected chi connectivity index (χ0v) is 15.4. The van der Waals surface area contributed by atoms with E-state index in [4.69, 9.17) is 4.74 Å². The smallest absolute Gasteiger partial charge is 0.260 e. The number of pyridine rings is 2. The minimum Gasteiger partial charge on any atom is -0.497 e. The quantitative estimate of drug-likeness (QED) is 0.492. The van der Waals surface area contributed by atoms with Crippen molar-refractivity contribution in [3.05, 3.63) is 66.0 Å². The molecule has 1 aromatic carbocycles. The number of fused-ring (bicyclic) bond motifs is 1. The largest absolute Gasteiger partial charge is 0.497 e. The lowest BCUT2D eigenvalue weighted by molar-refractivity contribution is 0.102. The number of carbonyl (C=O) groups excluding carboxylic acids is 1. The van der Waals surface area contributed by atoms with Crippen LogP contribution in [0.25, 0.3) is 11.0 Å². The molecule has 3 heterocycles. The van der Waals surface area contributed by atoms with Gasteiger partial charge in [-0.05, 0) is 43.3 Å². The summed E-state index contributed by atoms with van der Waals surface area (Å²) < 4.78 is 5.23. The fourth-order valence-corrected chi connectivity index (χ4v) is 2.80. The summed E-state index contributed by atoms with van der Waals surface area (Å²) in [7, 11) is 1.60. The Morgan fingerprint density at radius 2 is 2.00 bits per heavy atom. The van der Waals surface area contributed by atoms with Gasteiger partial charge >= 0.3 is 0 Å². The maximum Gasteiger partial charge on any atom is 0.260 e. The molecule has 3 aromatic heterocycles. The molecule has 0 bridgehead atoms. The van der Waals surface area contributed by atoms with E-state index in [2.05, 4.69) is 30.8 Å². The lowest BCUT2D eigenvalue weighted by Gasteiger charge is -2.11. The van der Waals surface area contributed by atoms with Crippen LogP contribution < -0.4 is 15.4 Å². The van der Waals surface area contributed by atoms with Crippen molar-refractivity contribution >= 4 is 34.3 Å². The first-order valence-electron chi connectivity index (χ1n) is 8.63. The number of methoxy groups -OCH3 is 1. The van der Waals surface area contributed by atoms with Crippen molar-refractivity contribution in [2.45, 2.75) is 6.92 Å². The van der Waals surface area contributed by atoms with E-state index in [1.807, 2.05) is 43.3 Å². The molecule has 4 aromatic rings. The average molecular weight is 374 g/mol. The van der Waals surface area contributed by atoms with E-state index in [1.165, 1.54) is 0 Å². The number of hydrogen-bond donors (Lipinski definition) is 3. The number of ether oxygens (including phenoxy) is 1. The Kier molecular flexibility index (Phi) is 4.59. The number of benzene rings is 1. The highest BCUT2D eigenvalue weighted by molar-refractivity contribution is 6.10. The van der Waals surface area contributed by atoms with Gasteiger partial charge in [-0.2, -0.15) is 5.10 Å². The molecule has 140 valence electrons. The highest BCUT2D eigenvalue weighted by Crippen LogP contribution is 2.24. The minimum absolute atomic E-state index is 0.326. The first-order valence-corrected chi connectivity index (χ1v) is 8.63. The average Bonchev–Trinajstić information content (AvgIpc) is 3.10. The molecule has 0 fully saturated rings. The van der Waals surface area contributed by atoms with E-state index in [0.717, 1.165) is 16.8 Å². The van der Waals surface area contributed by atoms with Gasteiger partial charge in [0.1, 0.15) is 11.6 Å². The number of amides is 1. The predicted octanol–water partition coefficient (Wildman–Crippen LogP) is 3.67. The number of aromatic nitrogens is 4. The summed E-state index contributed by atoms with van der Waals surface area (Å²) in [5.74, 6) is 1.23. The molecule has 0 aliphatic rings. The third-order valence-electron chi connectivity index (χ3n) is 4.18. The van der Waals surface area contributed by atoms with Crippen LogP contribution in [0.4, 0.5) is 17.3 Å². The molecule has 28 heavy (non-hydrogen) atoms. The third kappa shape index (κ3) is 3.48. The Hall–Kier alpha value is -3.94. The summed E-state index contributed by atoms with van der Waals surface area (Å²) in [4.78, 5) is 21.5. The van der Waals surface area contributed by atoms with E-state index in [0.29, 0.717) is 28.6 Å². The summed E-state index contributed by atoms with van der Waals surface area (Å²) in [6, 6.07) is 14.5. The molecule has 0 atom stereocenters. The molecular weight excluding hydrogens is 356 g/mol. The number of hydrogen-bond acceptors (Lipinski definition) is 6. The minimum atomic E-state index is -0.326. The van der Waals surface area contributed by atoms with Gasteiger partial charge in [0.2, 0.25) is 0 Å². The number of anilines is 3. The fraction of sp³-hybridized carbons (Fsp3) is 0.100. The Morgan fingerprint density at radius 3 is 2.86 bits per heavy atom. The van der Waals surface area contributed by atoms with E-state index in [9.17, 15) is 4.79 Å². The third-order valence-corrected chi connectivity index (χ3v) is 4.18. The second-order valence-corrected chi connectivity index (χ2v) is 6.13. The molecule has 0 spiro atoms. The summed E-state index contributed by atoms with van der Waals surface area (Å²) in [6.45, 7) is 1.89. The van der Waals surface area contributed by atoms with Crippen molar-refractivity contribution in [1.29, 1.82) is 0 Å². The Balaban J connectivity index is 1.61. The topological polar surface area (TPSA) is 105 Å². The van der Waals surface area contributed by atoms with Crippen LogP contribution in [-0.2, 0) is 0 Å². The monoisotopic (exact) mass is 374 g/mol. The van der Waals surface area contributed by atoms with Crippen molar-refractivity contribution in [3.8, 4) is 5.75 Å². The van der Waals surface area contributed by atoms with Crippen LogP contribution in [0.5, 0.6) is 5.75 Å². The molecule has 1 amide bonds. The zero-order valence-electron chi connectivity index (χ0n) is 15.4. The van der Waals surface area contributed by atoms with Gasteiger partial charge in [-0.25, -0.2) is 9.97 Å². The fourth-order valence-electron chi connectivity index (χ4n) is 2.80. The molecule has 0 aliphatic carbocycles. The molecule has 0 aliphatic heterocycles. The van der Waals surface area contributed by atoms with Crippen molar-refractivity contribution in [3.63, 3.8) is 0 Å². The molecule has 3 N–H and O–H groups in total. The van der Waals surface area contributed by atoms with Crippen LogP contribution in [0.15, 0.2) is 54.7 Å². The first-order chi connectivity index (χ1) is 13.6. The van der Waals surface area contributed by atoms with Crippen LogP contribution in [0, 0.1) is 6.92 Å². The van der Waals surface area contributed by atoms with Crippen LogP contribution >= 0.6 is 0 Å². The SMILES string of the molecule is COc1cccc(Nc2ncccc2C(=O)Nc2n[nH]c3nc(C)ccc23)c1. The molecule has 0 radical (unpaired) electrons. The van der Waals surface area contributed by atoms with Gasteiger partial charge in [0.15, 0.2) is 11.5 Å². The van der Waals surface area contributed by atoms with E-state index >= 15 is 0 Å². The highest BCUT2D eigenvalue weighted by atomic mass is 16.5. The normalized spacial score (nSPS) is 10.6. The maximum atomic E-state index is 12.9. The number of aryl methyl sites for hydroxylation is 1. The van der Waals surface area contributed by atoms with Crippen molar-refractivity contribution in [1.82, 2.24) is 20.2 Å². The van der Waals surface area contributed by atoms with Crippen molar-refractivity contribution in [2.75, 3.05) is 17.7 Å². The van der Waals surface area contributed by atoms with Crippen LogP contribution in [0.2, 0.25) is 0 Å².